The van der Waals surface area contributed by atoms with Gasteiger partial charge < -0.3 is 0 Å². The fourth-order valence-electron chi connectivity index (χ4n) is 1.37. The number of thioether (sulfide) groups is 1. The fraction of sp³-hybridized carbons (Fsp3) is 1.00. The van der Waals surface area contributed by atoms with Gasteiger partial charge in [0.05, 0.1) is 0 Å². The van der Waals surface area contributed by atoms with E-state index in [1.54, 1.807) is 11.8 Å². The lowest BCUT2D eigenvalue weighted by atomic mass is 9.78. The maximum atomic E-state index is 12.7. The summed E-state index contributed by atoms with van der Waals surface area (Å²) in [6.45, 7) is 10.5. The lowest BCUT2D eigenvalue weighted by molar-refractivity contribution is -0.132. The summed E-state index contributed by atoms with van der Waals surface area (Å²) in [5.41, 5.74) is 0.0862. The highest BCUT2D eigenvalue weighted by atomic mass is 32.2. The number of rotatable bonds is 8. The minimum Gasteiger partial charge on any atom is -0.204 e. The predicted octanol–water partition coefficient (Wildman–Crippen LogP) is 5.62. The van der Waals surface area contributed by atoms with Crippen LogP contribution < -0.4 is 0 Å². The Bertz CT molecular complexity index is 249. The second-order valence-corrected chi connectivity index (χ2v) is 7.48. The lowest BCUT2D eigenvalue weighted by Gasteiger charge is -2.40. The summed E-state index contributed by atoms with van der Waals surface area (Å²) in [5.74, 6) is -3.36. The van der Waals surface area contributed by atoms with Crippen LogP contribution in [0.2, 0.25) is 0 Å². The van der Waals surface area contributed by atoms with Gasteiger partial charge in [0.15, 0.2) is 0 Å². The van der Waals surface area contributed by atoms with Gasteiger partial charge in [-0.1, -0.05) is 34.6 Å². The molecule has 0 aromatic heterocycles. The standard InChI is InChI=1S/C13H24F4S/c1-6-11(2,3)12(4,5)18-9-7-8-13(16,17)10(14)15/h10H,6-9H2,1-5H3. The molecule has 0 heterocycles. The van der Waals surface area contributed by atoms with Crippen LogP contribution in [0, 0.1) is 5.41 Å². The van der Waals surface area contributed by atoms with Crippen LogP contribution >= 0.6 is 11.8 Å². The van der Waals surface area contributed by atoms with E-state index in [4.69, 9.17) is 0 Å². The van der Waals surface area contributed by atoms with Crippen LogP contribution in [0.4, 0.5) is 17.6 Å². The molecule has 0 atom stereocenters. The monoisotopic (exact) mass is 288 g/mol. The predicted molar refractivity (Wildman–Crippen MR) is 70.8 cm³/mol. The molecular weight excluding hydrogens is 264 g/mol. The van der Waals surface area contributed by atoms with Crippen LogP contribution in [0.5, 0.6) is 0 Å². The van der Waals surface area contributed by atoms with Crippen molar-refractivity contribution in [1.82, 2.24) is 0 Å². The molecule has 18 heavy (non-hydrogen) atoms. The first-order valence-electron chi connectivity index (χ1n) is 6.26. The smallest absolute Gasteiger partial charge is 0.204 e. The van der Waals surface area contributed by atoms with Crippen LogP contribution in [-0.4, -0.2) is 22.8 Å². The molecule has 0 amide bonds. The van der Waals surface area contributed by atoms with Gasteiger partial charge >= 0.3 is 12.3 Å². The zero-order valence-electron chi connectivity index (χ0n) is 11.8. The van der Waals surface area contributed by atoms with Crippen LogP contribution in [0.1, 0.15) is 53.9 Å². The van der Waals surface area contributed by atoms with Crippen molar-refractivity contribution in [1.29, 1.82) is 0 Å². The van der Waals surface area contributed by atoms with Crippen LogP contribution in [0.25, 0.3) is 0 Å². The summed E-state index contributed by atoms with van der Waals surface area (Å²) in [6, 6.07) is 0. The van der Waals surface area contributed by atoms with Crippen LogP contribution in [0.15, 0.2) is 0 Å². The summed E-state index contributed by atoms with van der Waals surface area (Å²) >= 11 is 1.58. The highest BCUT2D eigenvalue weighted by molar-refractivity contribution is 8.00. The number of halogens is 4. The first kappa shape index (κ1) is 18.1. The number of hydrogen-bond donors (Lipinski definition) is 0. The van der Waals surface area contributed by atoms with Crippen molar-refractivity contribution < 1.29 is 17.6 Å². The summed E-state index contributed by atoms with van der Waals surface area (Å²) in [4.78, 5) is 0. The van der Waals surface area contributed by atoms with Gasteiger partial charge in [0.25, 0.3) is 0 Å². The van der Waals surface area contributed by atoms with Crippen molar-refractivity contribution in [3.63, 3.8) is 0 Å². The Labute approximate surface area is 112 Å². The fourth-order valence-corrected chi connectivity index (χ4v) is 2.70. The van der Waals surface area contributed by atoms with Gasteiger partial charge in [0.1, 0.15) is 0 Å². The summed E-state index contributed by atoms with van der Waals surface area (Å²) in [6.07, 6.45) is -3.19. The molecule has 0 radical (unpaired) electrons. The zero-order valence-corrected chi connectivity index (χ0v) is 12.6. The zero-order chi connectivity index (χ0) is 14.6. The lowest BCUT2D eigenvalue weighted by Crippen LogP contribution is -2.35. The van der Waals surface area contributed by atoms with Gasteiger partial charge in [-0.3, -0.25) is 0 Å². The molecule has 0 rings (SSSR count). The van der Waals surface area contributed by atoms with Gasteiger partial charge in [0.2, 0.25) is 0 Å². The second kappa shape index (κ2) is 6.49. The van der Waals surface area contributed by atoms with Gasteiger partial charge in [-0.05, 0) is 24.0 Å². The molecular formula is C13H24F4S. The third-order valence-corrected chi connectivity index (χ3v) is 5.72. The van der Waals surface area contributed by atoms with E-state index in [-0.39, 0.29) is 16.6 Å². The molecule has 0 aromatic rings. The van der Waals surface area contributed by atoms with E-state index in [2.05, 4.69) is 34.6 Å². The minimum absolute atomic E-state index is 0.0537. The average molecular weight is 288 g/mol. The van der Waals surface area contributed by atoms with Crippen molar-refractivity contribution in [2.45, 2.75) is 71.0 Å². The number of hydrogen-bond acceptors (Lipinski definition) is 1. The Morgan fingerprint density at radius 1 is 1.06 bits per heavy atom. The van der Waals surface area contributed by atoms with Crippen LogP contribution in [0.3, 0.4) is 0 Å². The molecule has 0 nitrogen and oxygen atoms in total. The largest absolute Gasteiger partial charge is 0.307 e. The molecule has 0 unspecified atom stereocenters. The van der Waals surface area contributed by atoms with Gasteiger partial charge in [0, 0.05) is 11.2 Å². The maximum Gasteiger partial charge on any atom is 0.307 e. The number of alkyl halides is 4. The quantitative estimate of drug-likeness (QED) is 0.413. The SMILES string of the molecule is CCC(C)(C)C(C)(C)SCCCC(F)(F)C(F)F. The molecule has 0 fully saturated rings. The molecule has 0 aliphatic rings. The molecule has 5 heteroatoms. The maximum absolute atomic E-state index is 12.7. The van der Waals surface area contributed by atoms with E-state index >= 15 is 0 Å². The highest BCUT2D eigenvalue weighted by Crippen LogP contribution is 2.44. The topological polar surface area (TPSA) is 0 Å². The Morgan fingerprint density at radius 2 is 1.56 bits per heavy atom. The molecule has 110 valence electrons. The normalized spacial score (nSPS) is 14.3. The Morgan fingerprint density at radius 3 is 1.94 bits per heavy atom. The second-order valence-electron chi connectivity index (χ2n) is 5.76. The van der Waals surface area contributed by atoms with E-state index < -0.39 is 18.8 Å². The van der Waals surface area contributed by atoms with E-state index in [1.165, 1.54) is 0 Å². The molecule has 0 aliphatic heterocycles. The van der Waals surface area contributed by atoms with Crippen molar-refractivity contribution in [3.05, 3.63) is 0 Å². The molecule has 0 bridgehead atoms. The first-order valence-corrected chi connectivity index (χ1v) is 7.25. The Hall–Kier alpha value is 0.0700. The van der Waals surface area contributed by atoms with Gasteiger partial charge in [-0.2, -0.15) is 11.8 Å². The Balaban J connectivity index is 4.14. The molecule has 0 aliphatic carbocycles. The third-order valence-electron chi connectivity index (χ3n) is 3.95. The van der Waals surface area contributed by atoms with Gasteiger partial charge in [-0.15, -0.1) is 0 Å². The van der Waals surface area contributed by atoms with Crippen LogP contribution in [-0.2, 0) is 0 Å². The first-order chi connectivity index (χ1) is 7.96. The van der Waals surface area contributed by atoms with Crippen molar-refractivity contribution in [2.24, 2.45) is 5.41 Å². The van der Waals surface area contributed by atoms with Crippen molar-refractivity contribution >= 4 is 11.8 Å². The molecule has 0 saturated heterocycles. The minimum atomic E-state index is -3.84. The van der Waals surface area contributed by atoms with Gasteiger partial charge in [-0.25, -0.2) is 17.6 Å². The molecule has 0 saturated carbocycles. The highest BCUT2D eigenvalue weighted by Gasteiger charge is 2.40. The summed E-state index contributed by atoms with van der Waals surface area (Å²) in [7, 11) is 0. The van der Waals surface area contributed by atoms with Crippen molar-refractivity contribution in [3.8, 4) is 0 Å². The third kappa shape index (κ3) is 4.98. The molecule has 0 spiro atoms. The van der Waals surface area contributed by atoms with E-state index in [1.807, 2.05) is 0 Å². The van der Waals surface area contributed by atoms with E-state index in [0.717, 1.165) is 6.42 Å². The average Bonchev–Trinajstić information content (AvgIpc) is 2.24. The molecule has 0 N–H and O–H groups in total. The molecule has 0 aromatic carbocycles. The van der Waals surface area contributed by atoms with E-state index in [0.29, 0.717) is 5.75 Å². The summed E-state index contributed by atoms with van der Waals surface area (Å²) < 4.78 is 49.3. The summed E-state index contributed by atoms with van der Waals surface area (Å²) in [5, 5.41) is 0. The van der Waals surface area contributed by atoms with Crippen molar-refractivity contribution in [2.75, 3.05) is 5.75 Å². The Kier molecular flexibility index (Phi) is 6.51. The van der Waals surface area contributed by atoms with E-state index in [9.17, 15) is 17.6 Å².